The van der Waals surface area contributed by atoms with Gasteiger partial charge in [0, 0.05) is 35.5 Å². The van der Waals surface area contributed by atoms with Crippen LogP contribution in [0.15, 0.2) is 42.7 Å². The van der Waals surface area contributed by atoms with Crippen LogP contribution >= 0.6 is 11.6 Å². The molecule has 0 bridgehead atoms. The summed E-state index contributed by atoms with van der Waals surface area (Å²) in [7, 11) is 0. The van der Waals surface area contributed by atoms with Crippen LogP contribution in [0, 0.1) is 0 Å². The maximum absolute atomic E-state index is 6.08. The molecule has 0 atom stereocenters. The average molecular weight is 275 g/mol. The van der Waals surface area contributed by atoms with E-state index in [1.165, 1.54) is 0 Å². The van der Waals surface area contributed by atoms with Crippen molar-refractivity contribution in [3.05, 3.63) is 53.3 Å². The first-order valence-corrected chi connectivity index (χ1v) is 6.11. The molecule has 3 aromatic rings. The largest absolute Gasteiger partial charge is 0.439 e. The monoisotopic (exact) mass is 274 g/mol. The van der Waals surface area contributed by atoms with Crippen LogP contribution < -0.4 is 10.5 Å². The molecule has 0 saturated heterocycles. The van der Waals surface area contributed by atoms with Crippen LogP contribution in [0.2, 0.25) is 5.02 Å². The van der Waals surface area contributed by atoms with Crippen molar-refractivity contribution in [3.8, 4) is 11.6 Å². The third-order valence-electron chi connectivity index (χ3n) is 2.73. The van der Waals surface area contributed by atoms with Gasteiger partial charge >= 0.3 is 0 Å². The Morgan fingerprint density at radius 3 is 3.00 bits per heavy atom. The van der Waals surface area contributed by atoms with Crippen LogP contribution in [0.3, 0.4) is 0 Å². The lowest BCUT2D eigenvalue weighted by Crippen LogP contribution is -2.01. The highest BCUT2D eigenvalue weighted by atomic mass is 35.5. The van der Waals surface area contributed by atoms with Crippen molar-refractivity contribution in [1.82, 2.24) is 14.6 Å². The van der Waals surface area contributed by atoms with E-state index in [4.69, 9.17) is 22.1 Å². The first-order valence-electron chi connectivity index (χ1n) is 5.73. The average Bonchev–Trinajstić information content (AvgIpc) is 2.86. The molecular formula is C13H11ClN4O. The molecule has 0 fully saturated rings. The SMILES string of the molecule is NCc1c(Cl)cccc1Oc1ccn2nccc2n1. The fraction of sp³-hybridized carbons (Fsp3) is 0.0769. The second kappa shape index (κ2) is 4.87. The fourth-order valence-electron chi connectivity index (χ4n) is 1.80. The van der Waals surface area contributed by atoms with Crippen molar-refractivity contribution in [1.29, 1.82) is 0 Å². The molecule has 0 unspecified atom stereocenters. The van der Waals surface area contributed by atoms with Crippen LogP contribution in [0.1, 0.15) is 5.56 Å². The number of rotatable bonds is 3. The maximum Gasteiger partial charge on any atom is 0.222 e. The van der Waals surface area contributed by atoms with Crippen LogP contribution in [-0.4, -0.2) is 14.6 Å². The van der Waals surface area contributed by atoms with Gasteiger partial charge in [-0.1, -0.05) is 17.7 Å². The summed E-state index contributed by atoms with van der Waals surface area (Å²) in [6.07, 6.45) is 3.46. The van der Waals surface area contributed by atoms with E-state index < -0.39 is 0 Å². The summed E-state index contributed by atoms with van der Waals surface area (Å²) in [5.41, 5.74) is 7.16. The van der Waals surface area contributed by atoms with Crippen LogP contribution in [0.25, 0.3) is 5.65 Å². The van der Waals surface area contributed by atoms with Gasteiger partial charge in [0.05, 0.1) is 6.20 Å². The van der Waals surface area contributed by atoms with Crippen molar-refractivity contribution in [2.45, 2.75) is 6.54 Å². The molecule has 0 aliphatic rings. The highest BCUT2D eigenvalue weighted by Crippen LogP contribution is 2.29. The number of hydrogen-bond acceptors (Lipinski definition) is 4. The molecular weight excluding hydrogens is 264 g/mol. The van der Waals surface area contributed by atoms with E-state index in [0.717, 1.165) is 5.56 Å². The molecule has 0 spiro atoms. The number of benzene rings is 1. The number of halogens is 1. The Morgan fingerprint density at radius 1 is 1.26 bits per heavy atom. The highest BCUT2D eigenvalue weighted by Gasteiger charge is 2.08. The number of ether oxygens (including phenoxy) is 1. The van der Waals surface area contributed by atoms with E-state index in [0.29, 0.717) is 28.8 Å². The molecule has 0 aliphatic heterocycles. The summed E-state index contributed by atoms with van der Waals surface area (Å²) in [6, 6.07) is 8.95. The summed E-state index contributed by atoms with van der Waals surface area (Å²) in [5.74, 6) is 1.09. The van der Waals surface area contributed by atoms with Gasteiger partial charge in [-0.2, -0.15) is 10.1 Å². The van der Waals surface area contributed by atoms with Gasteiger partial charge in [-0.05, 0) is 12.1 Å². The molecule has 0 saturated carbocycles. The zero-order chi connectivity index (χ0) is 13.2. The summed E-state index contributed by atoms with van der Waals surface area (Å²) in [6.45, 7) is 0.309. The Balaban J connectivity index is 1.98. The zero-order valence-corrected chi connectivity index (χ0v) is 10.7. The molecule has 2 N–H and O–H groups in total. The Labute approximate surface area is 114 Å². The second-order valence-corrected chi connectivity index (χ2v) is 4.33. The lowest BCUT2D eigenvalue weighted by Gasteiger charge is -2.10. The molecule has 6 heteroatoms. The van der Waals surface area contributed by atoms with E-state index in [9.17, 15) is 0 Å². The zero-order valence-electron chi connectivity index (χ0n) is 9.95. The summed E-state index contributed by atoms with van der Waals surface area (Å²) < 4.78 is 7.40. The van der Waals surface area contributed by atoms with Gasteiger partial charge in [-0.25, -0.2) is 4.52 Å². The van der Waals surface area contributed by atoms with Gasteiger partial charge in [-0.15, -0.1) is 0 Å². The van der Waals surface area contributed by atoms with Crippen LogP contribution in [0.5, 0.6) is 11.6 Å². The van der Waals surface area contributed by atoms with Gasteiger partial charge in [-0.3, -0.25) is 0 Å². The number of nitrogens with zero attached hydrogens (tertiary/aromatic N) is 3. The molecule has 0 radical (unpaired) electrons. The normalized spacial score (nSPS) is 10.8. The smallest absolute Gasteiger partial charge is 0.222 e. The van der Waals surface area contributed by atoms with E-state index in [2.05, 4.69) is 10.1 Å². The van der Waals surface area contributed by atoms with Gasteiger partial charge < -0.3 is 10.5 Å². The minimum absolute atomic E-state index is 0.309. The van der Waals surface area contributed by atoms with Gasteiger partial charge in [0.15, 0.2) is 5.65 Å². The van der Waals surface area contributed by atoms with E-state index in [-0.39, 0.29) is 0 Å². The molecule has 2 aromatic heterocycles. The first kappa shape index (κ1) is 12.0. The number of fused-ring (bicyclic) bond motifs is 1. The van der Waals surface area contributed by atoms with E-state index in [1.807, 2.05) is 12.1 Å². The molecule has 3 rings (SSSR count). The molecule has 0 aliphatic carbocycles. The standard InChI is InChI=1S/C13H11ClN4O/c14-10-2-1-3-11(9(10)8-15)19-13-5-7-18-12(17-13)4-6-16-18/h1-7H,8,15H2. The van der Waals surface area contributed by atoms with Gasteiger partial charge in [0.2, 0.25) is 5.88 Å². The Kier molecular flexibility index (Phi) is 3.06. The lowest BCUT2D eigenvalue weighted by atomic mass is 10.2. The third kappa shape index (κ3) is 2.25. The maximum atomic E-state index is 6.08. The molecule has 19 heavy (non-hydrogen) atoms. The first-order chi connectivity index (χ1) is 9.28. The summed E-state index contributed by atoms with van der Waals surface area (Å²) in [5, 5.41) is 4.66. The predicted octanol–water partition coefficient (Wildman–Crippen LogP) is 2.63. The molecule has 5 nitrogen and oxygen atoms in total. The fourth-order valence-corrected chi connectivity index (χ4v) is 2.04. The lowest BCUT2D eigenvalue weighted by molar-refractivity contribution is 0.457. The number of aromatic nitrogens is 3. The van der Waals surface area contributed by atoms with E-state index in [1.54, 1.807) is 35.1 Å². The second-order valence-electron chi connectivity index (χ2n) is 3.92. The highest BCUT2D eigenvalue weighted by molar-refractivity contribution is 6.31. The van der Waals surface area contributed by atoms with E-state index >= 15 is 0 Å². The van der Waals surface area contributed by atoms with Crippen molar-refractivity contribution in [2.24, 2.45) is 5.73 Å². The Morgan fingerprint density at radius 2 is 2.16 bits per heavy atom. The quantitative estimate of drug-likeness (QED) is 0.797. The van der Waals surface area contributed by atoms with Crippen LogP contribution in [-0.2, 0) is 6.54 Å². The van der Waals surface area contributed by atoms with Crippen molar-refractivity contribution < 1.29 is 4.74 Å². The van der Waals surface area contributed by atoms with Crippen molar-refractivity contribution in [3.63, 3.8) is 0 Å². The van der Waals surface area contributed by atoms with Crippen molar-refractivity contribution in [2.75, 3.05) is 0 Å². The van der Waals surface area contributed by atoms with Crippen molar-refractivity contribution >= 4 is 17.2 Å². The third-order valence-corrected chi connectivity index (χ3v) is 3.08. The minimum atomic E-state index is 0.309. The Bertz CT molecular complexity index is 725. The van der Waals surface area contributed by atoms with Crippen LogP contribution in [0.4, 0.5) is 0 Å². The number of hydrogen-bond donors (Lipinski definition) is 1. The topological polar surface area (TPSA) is 65.4 Å². The molecule has 2 heterocycles. The minimum Gasteiger partial charge on any atom is -0.439 e. The Hall–Kier alpha value is -2.11. The predicted molar refractivity (Wildman–Crippen MR) is 72.4 cm³/mol. The summed E-state index contributed by atoms with van der Waals surface area (Å²) in [4.78, 5) is 4.33. The summed E-state index contributed by atoms with van der Waals surface area (Å²) >= 11 is 6.08. The molecule has 1 aromatic carbocycles. The van der Waals surface area contributed by atoms with Gasteiger partial charge in [0.1, 0.15) is 5.75 Å². The molecule has 96 valence electrons. The number of nitrogens with two attached hydrogens (primary N) is 1. The molecule has 0 amide bonds. The van der Waals surface area contributed by atoms with Gasteiger partial charge in [0.25, 0.3) is 0 Å².